The van der Waals surface area contributed by atoms with Gasteiger partial charge in [0.15, 0.2) is 6.04 Å². The summed E-state index contributed by atoms with van der Waals surface area (Å²) in [7, 11) is 0. The molecule has 0 unspecified atom stereocenters. The van der Waals surface area contributed by atoms with E-state index in [1.165, 1.54) is 42.6 Å². The van der Waals surface area contributed by atoms with E-state index in [4.69, 9.17) is 0 Å². The highest BCUT2D eigenvalue weighted by Gasteiger charge is 2.47. The minimum Gasteiger partial charge on any atom is -0.598 e. The van der Waals surface area contributed by atoms with Gasteiger partial charge in [-0.25, -0.2) is 0 Å². The molecule has 0 radical (unpaired) electrons. The Balaban J connectivity index is 2.25. The van der Waals surface area contributed by atoms with Crippen LogP contribution in [0.5, 0.6) is 0 Å². The van der Waals surface area contributed by atoms with E-state index in [1.54, 1.807) is 25.3 Å². The number of halogens is 6. The minimum atomic E-state index is -4.76. The molecule has 0 spiro atoms. The van der Waals surface area contributed by atoms with Crippen LogP contribution < -0.4 is 4.72 Å². The second kappa shape index (κ2) is 9.61. The monoisotopic (exact) mass is 532 g/mol. The van der Waals surface area contributed by atoms with Crippen molar-refractivity contribution in [1.29, 1.82) is 0 Å². The Morgan fingerprint density at radius 2 is 1.53 bits per heavy atom. The standard InChI is InChI=1S/C26H30F6N2OS/c1-23(2,3)15-34-14-19(22(26(30,31)32)33-36(35)24(4,5)6)18-12-11-16(13-21(18)34)17-9-7-8-10-20(17)25(27,28)29/h7-14,22,33H,15H2,1-6H3/t22-,36-/m0/s1. The molecule has 198 valence electrons. The van der Waals surface area contributed by atoms with Crippen molar-refractivity contribution in [3.05, 3.63) is 59.8 Å². The lowest BCUT2D eigenvalue weighted by molar-refractivity contribution is -0.152. The van der Waals surface area contributed by atoms with Crippen LogP contribution in [-0.2, 0) is 24.1 Å². The molecule has 1 heterocycles. The fourth-order valence-electron chi connectivity index (χ4n) is 3.93. The smallest absolute Gasteiger partial charge is 0.417 e. The molecule has 2 atom stereocenters. The maximum Gasteiger partial charge on any atom is 0.417 e. The van der Waals surface area contributed by atoms with Gasteiger partial charge in [-0.15, -0.1) is 4.72 Å². The number of aromatic nitrogens is 1. The van der Waals surface area contributed by atoms with Crippen LogP contribution in [0.25, 0.3) is 22.0 Å². The van der Waals surface area contributed by atoms with E-state index >= 15 is 0 Å². The average Bonchev–Trinajstić information content (AvgIpc) is 3.05. The Hall–Kier alpha value is -2.17. The molecule has 2 aromatic carbocycles. The van der Waals surface area contributed by atoms with Gasteiger partial charge in [0.05, 0.1) is 5.56 Å². The molecule has 0 fully saturated rings. The summed E-state index contributed by atoms with van der Waals surface area (Å²) in [5.74, 6) is 0. The van der Waals surface area contributed by atoms with Gasteiger partial charge in [-0.2, -0.15) is 26.3 Å². The van der Waals surface area contributed by atoms with Crippen LogP contribution in [0.15, 0.2) is 48.7 Å². The fraction of sp³-hybridized carbons (Fsp3) is 0.462. The van der Waals surface area contributed by atoms with Crippen molar-refractivity contribution >= 4 is 22.3 Å². The molecule has 3 nitrogen and oxygen atoms in total. The average molecular weight is 533 g/mol. The molecule has 3 aromatic rings. The number of fused-ring (bicyclic) bond motifs is 1. The van der Waals surface area contributed by atoms with Gasteiger partial charge in [0.2, 0.25) is 0 Å². The van der Waals surface area contributed by atoms with Gasteiger partial charge >= 0.3 is 12.4 Å². The van der Waals surface area contributed by atoms with Crippen LogP contribution >= 0.6 is 0 Å². The third kappa shape index (κ3) is 6.39. The lowest BCUT2D eigenvalue weighted by atomic mass is 9.96. The van der Waals surface area contributed by atoms with Crippen LogP contribution in [0, 0.1) is 5.41 Å². The maximum absolute atomic E-state index is 14.2. The Labute approximate surface area is 210 Å². The first-order valence-corrected chi connectivity index (χ1v) is 12.5. The summed E-state index contributed by atoms with van der Waals surface area (Å²) in [5, 5.41) is 0.230. The van der Waals surface area contributed by atoms with Gasteiger partial charge in [0.25, 0.3) is 0 Å². The maximum atomic E-state index is 14.2. The summed E-state index contributed by atoms with van der Waals surface area (Å²) < 4.78 is 99.2. The summed E-state index contributed by atoms with van der Waals surface area (Å²) in [4.78, 5) is 0. The Kier molecular flexibility index (Phi) is 7.58. The van der Waals surface area contributed by atoms with Crippen LogP contribution in [0.1, 0.15) is 58.7 Å². The first-order chi connectivity index (χ1) is 16.3. The van der Waals surface area contributed by atoms with E-state index in [0.29, 0.717) is 12.1 Å². The summed E-state index contributed by atoms with van der Waals surface area (Å²) >= 11 is -2.02. The molecule has 3 rings (SSSR count). The van der Waals surface area contributed by atoms with Gasteiger partial charge in [-0.3, -0.25) is 0 Å². The van der Waals surface area contributed by atoms with E-state index in [9.17, 15) is 30.9 Å². The number of rotatable bonds is 5. The third-order valence-corrected chi connectivity index (χ3v) is 7.08. The molecule has 1 aromatic heterocycles. The Morgan fingerprint density at radius 1 is 0.917 bits per heavy atom. The number of nitrogens with zero attached hydrogens (tertiary/aromatic N) is 1. The molecule has 0 aliphatic carbocycles. The van der Waals surface area contributed by atoms with Crippen molar-refractivity contribution in [3.8, 4) is 11.1 Å². The third-order valence-electron chi connectivity index (χ3n) is 5.52. The number of nitrogens with one attached hydrogen (secondary N) is 1. The van der Waals surface area contributed by atoms with Gasteiger partial charge in [-0.1, -0.05) is 51.1 Å². The molecule has 0 saturated heterocycles. The first-order valence-electron chi connectivity index (χ1n) is 11.3. The number of hydrogen-bond acceptors (Lipinski definition) is 2. The lowest BCUT2D eigenvalue weighted by Crippen LogP contribution is -2.45. The summed E-state index contributed by atoms with van der Waals surface area (Å²) in [6, 6.07) is 7.16. The minimum absolute atomic E-state index is 0.0590. The predicted octanol–water partition coefficient (Wildman–Crippen LogP) is 8.03. The molecule has 10 heteroatoms. The first kappa shape index (κ1) is 28.4. The largest absolute Gasteiger partial charge is 0.598 e. The van der Waals surface area contributed by atoms with Crippen molar-refractivity contribution in [2.45, 2.75) is 71.2 Å². The van der Waals surface area contributed by atoms with E-state index < -0.39 is 40.1 Å². The second-order valence-corrected chi connectivity index (χ2v) is 13.0. The molecule has 1 N–H and O–H groups in total. The van der Waals surface area contributed by atoms with E-state index in [1.807, 2.05) is 20.8 Å². The Morgan fingerprint density at radius 3 is 2.06 bits per heavy atom. The highest BCUT2D eigenvalue weighted by atomic mass is 32.2. The molecule has 0 amide bonds. The van der Waals surface area contributed by atoms with E-state index in [-0.39, 0.29) is 27.5 Å². The highest BCUT2D eigenvalue weighted by Crippen LogP contribution is 2.42. The van der Waals surface area contributed by atoms with Crippen LogP contribution in [-0.4, -0.2) is 20.0 Å². The van der Waals surface area contributed by atoms with E-state index in [0.717, 1.165) is 6.07 Å². The van der Waals surface area contributed by atoms with Crippen molar-refractivity contribution in [2.75, 3.05) is 0 Å². The van der Waals surface area contributed by atoms with Crippen molar-refractivity contribution in [2.24, 2.45) is 5.41 Å². The van der Waals surface area contributed by atoms with Crippen molar-refractivity contribution in [3.63, 3.8) is 0 Å². The predicted molar refractivity (Wildman–Crippen MR) is 132 cm³/mol. The molecule has 0 bridgehead atoms. The zero-order valence-electron chi connectivity index (χ0n) is 20.9. The van der Waals surface area contributed by atoms with Gasteiger partial charge in [0.1, 0.15) is 4.75 Å². The van der Waals surface area contributed by atoms with E-state index in [2.05, 4.69) is 4.72 Å². The number of alkyl halides is 6. The van der Waals surface area contributed by atoms with Crippen LogP contribution in [0.3, 0.4) is 0 Å². The number of hydrogen-bond donors (Lipinski definition) is 1. The summed E-state index contributed by atoms with van der Waals surface area (Å²) in [5.41, 5.74) is -0.740. The van der Waals surface area contributed by atoms with Crippen LogP contribution in [0.4, 0.5) is 26.3 Å². The summed E-state index contributed by atoms with van der Waals surface area (Å²) in [6.07, 6.45) is -7.99. The fourth-order valence-corrected chi connectivity index (χ4v) is 4.76. The zero-order valence-corrected chi connectivity index (χ0v) is 21.8. The van der Waals surface area contributed by atoms with Gasteiger partial charge in [0, 0.05) is 40.6 Å². The second-order valence-electron chi connectivity index (χ2n) is 11.0. The zero-order chi connectivity index (χ0) is 27.3. The van der Waals surface area contributed by atoms with Crippen molar-refractivity contribution in [1.82, 2.24) is 9.29 Å². The highest BCUT2D eigenvalue weighted by molar-refractivity contribution is 7.90. The molecule has 36 heavy (non-hydrogen) atoms. The molecule has 0 saturated carbocycles. The molecule has 0 aliphatic rings. The Bertz CT molecular complexity index is 1220. The van der Waals surface area contributed by atoms with Gasteiger partial charge in [-0.05, 0) is 49.4 Å². The molecular formula is C26H30F6N2OS. The van der Waals surface area contributed by atoms with Crippen LogP contribution in [0.2, 0.25) is 0 Å². The molecular weight excluding hydrogens is 502 g/mol. The SMILES string of the molecule is CC(C)(C)Cn1cc([C@H](N[S@@+]([O-])C(C)(C)C)C(F)(F)F)c2ccc(-c3ccccc3C(F)(F)F)cc21. The van der Waals surface area contributed by atoms with Gasteiger partial charge < -0.3 is 9.12 Å². The quantitative estimate of drug-likeness (QED) is 0.267. The topological polar surface area (TPSA) is 40.0 Å². The summed E-state index contributed by atoms with van der Waals surface area (Å²) in [6.45, 7) is 10.8. The normalized spacial score (nSPS) is 15.4. The molecule has 0 aliphatic heterocycles. The van der Waals surface area contributed by atoms with Crippen molar-refractivity contribution < 1.29 is 30.9 Å². The number of benzene rings is 2. The lowest BCUT2D eigenvalue weighted by Gasteiger charge is -2.29.